The second-order valence-corrected chi connectivity index (χ2v) is 10.00. The van der Waals surface area contributed by atoms with Gasteiger partial charge in [0.2, 0.25) is 10.0 Å². The van der Waals surface area contributed by atoms with Gasteiger partial charge in [0.25, 0.3) is 0 Å². The van der Waals surface area contributed by atoms with E-state index in [1.165, 1.54) is 17.0 Å². The predicted octanol–water partition coefficient (Wildman–Crippen LogP) is 4.80. The Bertz CT molecular complexity index is 983. The number of hydrogen-bond donors (Lipinski definition) is 2. The van der Waals surface area contributed by atoms with Crippen molar-refractivity contribution in [3.8, 4) is 5.75 Å². The van der Waals surface area contributed by atoms with Gasteiger partial charge in [-0.25, -0.2) is 8.42 Å². The van der Waals surface area contributed by atoms with E-state index in [4.69, 9.17) is 17.0 Å². The number of sulfonamides is 1. The third-order valence-electron chi connectivity index (χ3n) is 5.21. The molecule has 162 valence electrons. The molecule has 2 aromatic rings. The van der Waals surface area contributed by atoms with Gasteiger partial charge in [-0.1, -0.05) is 32.4 Å². The maximum atomic E-state index is 13.3. The van der Waals surface area contributed by atoms with Gasteiger partial charge in [0.15, 0.2) is 5.11 Å². The highest BCUT2D eigenvalue weighted by atomic mass is 32.2. The molecular formula is C22H29N3O3S2. The van der Waals surface area contributed by atoms with Crippen molar-refractivity contribution in [2.75, 3.05) is 30.8 Å². The molecule has 0 spiro atoms. The van der Waals surface area contributed by atoms with Crippen LogP contribution in [0.4, 0.5) is 11.4 Å². The van der Waals surface area contributed by atoms with Crippen LogP contribution in [0.25, 0.3) is 0 Å². The number of rotatable bonds is 6. The van der Waals surface area contributed by atoms with E-state index in [1.54, 1.807) is 18.2 Å². The molecule has 3 rings (SSSR count). The van der Waals surface area contributed by atoms with Gasteiger partial charge in [-0.15, -0.1) is 0 Å². The van der Waals surface area contributed by atoms with Crippen LogP contribution in [0, 0.1) is 0 Å². The summed E-state index contributed by atoms with van der Waals surface area (Å²) in [6.07, 6.45) is 2.80. The minimum Gasteiger partial charge on any atom is -0.497 e. The number of methoxy groups -OCH3 is 1. The highest BCUT2D eigenvalue weighted by Crippen LogP contribution is 2.30. The smallest absolute Gasteiger partial charge is 0.245 e. The van der Waals surface area contributed by atoms with Gasteiger partial charge in [0.05, 0.1) is 12.8 Å². The first-order valence-electron chi connectivity index (χ1n) is 10.2. The molecule has 30 heavy (non-hydrogen) atoms. The Morgan fingerprint density at radius 2 is 1.70 bits per heavy atom. The number of thiocarbonyl (C=S) groups is 1. The lowest BCUT2D eigenvalue weighted by atomic mass is 10.0. The molecule has 2 N–H and O–H groups in total. The van der Waals surface area contributed by atoms with Crippen molar-refractivity contribution in [1.29, 1.82) is 0 Å². The van der Waals surface area contributed by atoms with Crippen molar-refractivity contribution in [2.45, 2.75) is 43.9 Å². The summed E-state index contributed by atoms with van der Waals surface area (Å²) in [6.45, 7) is 5.35. The lowest BCUT2D eigenvalue weighted by molar-refractivity contribution is 0.346. The van der Waals surface area contributed by atoms with Crippen LogP contribution in [0.3, 0.4) is 0 Å². The molecule has 1 saturated heterocycles. The van der Waals surface area contributed by atoms with Crippen molar-refractivity contribution in [3.63, 3.8) is 0 Å². The third kappa shape index (κ3) is 5.30. The first-order chi connectivity index (χ1) is 14.3. The van der Waals surface area contributed by atoms with Gasteiger partial charge < -0.3 is 15.4 Å². The Balaban J connectivity index is 1.82. The van der Waals surface area contributed by atoms with Gasteiger partial charge in [-0.3, -0.25) is 0 Å². The summed E-state index contributed by atoms with van der Waals surface area (Å²) in [6, 6.07) is 13.0. The zero-order chi connectivity index (χ0) is 21.7. The first kappa shape index (κ1) is 22.5. The molecule has 1 aliphatic heterocycles. The average Bonchev–Trinajstić information content (AvgIpc) is 2.75. The number of hydrogen-bond acceptors (Lipinski definition) is 4. The fraction of sp³-hybridized carbons (Fsp3) is 0.409. The van der Waals surface area contributed by atoms with Gasteiger partial charge in [0, 0.05) is 24.8 Å². The number of piperidine rings is 1. The number of ether oxygens (including phenoxy) is 1. The largest absolute Gasteiger partial charge is 0.497 e. The Labute approximate surface area is 184 Å². The standard InChI is InChI=1S/C22H29N3O3S2/c1-16(2)17-7-9-18(10-8-17)23-22(29)24-20-12-11-19(28-3)15-21(20)30(26,27)25-13-5-4-6-14-25/h7-12,15-16H,4-6,13-14H2,1-3H3,(H2,23,24,29). The topological polar surface area (TPSA) is 70.7 Å². The monoisotopic (exact) mass is 447 g/mol. The summed E-state index contributed by atoms with van der Waals surface area (Å²) < 4.78 is 33.4. The van der Waals surface area contributed by atoms with E-state index in [0.29, 0.717) is 35.6 Å². The molecule has 0 saturated carbocycles. The first-order valence-corrected chi connectivity index (χ1v) is 12.0. The summed E-state index contributed by atoms with van der Waals surface area (Å²) in [7, 11) is -2.13. The molecule has 1 heterocycles. The maximum Gasteiger partial charge on any atom is 0.245 e. The number of anilines is 2. The lowest BCUT2D eigenvalue weighted by Gasteiger charge is -2.27. The molecule has 0 aliphatic carbocycles. The van der Waals surface area contributed by atoms with Gasteiger partial charge in [0.1, 0.15) is 10.6 Å². The van der Waals surface area contributed by atoms with Crippen LogP contribution >= 0.6 is 12.2 Å². The Morgan fingerprint density at radius 3 is 2.30 bits per heavy atom. The third-order valence-corrected chi connectivity index (χ3v) is 7.35. The van der Waals surface area contributed by atoms with Gasteiger partial charge in [-0.2, -0.15) is 4.31 Å². The van der Waals surface area contributed by atoms with Crippen molar-refractivity contribution < 1.29 is 13.2 Å². The summed E-state index contributed by atoms with van der Waals surface area (Å²) >= 11 is 5.44. The normalized spacial score (nSPS) is 15.1. The molecule has 0 radical (unpaired) electrons. The molecular weight excluding hydrogens is 418 g/mol. The van der Waals surface area contributed by atoms with Crippen LogP contribution in [0.2, 0.25) is 0 Å². The Hall–Kier alpha value is -2.16. The molecule has 0 aromatic heterocycles. The Morgan fingerprint density at radius 1 is 1.03 bits per heavy atom. The fourth-order valence-corrected chi connectivity index (χ4v) is 5.33. The number of benzene rings is 2. The average molecular weight is 448 g/mol. The van der Waals surface area contributed by atoms with Crippen molar-refractivity contribution >= 4 is 38.7 Å². The molecule has 8 heteroatoms. The molecule has 2 aromatic carbocycles. The van der Waals surface area contributed by atoms with E-state index in [1.807, 2.05) is 12.1 Å². The fourth-order valence-electron chi connectivity index (χ4n) is 3.43. The lowest BCUT2D eigenvalue weighted by Crippen LogP contribution is -2.36. The molecule has 1 aliphatic rings. The summed E-state index contributed by atoms with van der Waals surface area (Å²) in [5.41, 5.74) is 2.51. The second-order valence-electron chi connectivity index (χ2n) is 7.68. The van der Waals surface area contributed by atoms with Crippen LogP contribution in [0.5, 0.6) is 5.75 Å². The van der Waals surface area contributed by atoms with E-state index in [-0.39, 0.29) is 4.90 Å². The molecule has 0 amide bonds. The van der Waals surface area contributed by atoms with E-state index in [0.717, 1.165) is 24.9 Å². The summed E-state index contributed by atoms with van der Waals surface area (Å²) in [5, 5.41) is 6.50. The van der Waals surface area contributed by atoms with E-state index < -0.39 is 10.0 Å². The zero-order valence-corrected chi connectivity index (χ0v) is 19.3. The Kier molecular flexibility index (Phi) is 7.33. The molecule has 0 unspecified atom stereocenters. The summed E-state index contributed by atoms with van der Waals surface area (Å²) in [4.78, 5) is 0.169. The van der Waals surface area contributed by atoms with Crippen LogP contribution in [-0.2, 0) is 10.0 Å². The maximum absolute atomic E-state index is 13.3. The van der Waals surface area contributed by atoms with E-state index >= 15 is 0 Å². The molecule has 6 nitrogen and oxygen atoms in total. The SMILES string of the molecule is COc1ccc(NC(=S)Nc2ccc(C(C)C)cc2)c(S(=O)(=O)N2CCCCC2)c1. The van der Waals surface area contributed by atoms with Gasteiger partial charge in [-0.05, 0) is 60.8 Å². The van der Waals surface area contributed by atoms with Crippen LogP contribution in [0.1, 0.15) is 44.6 Å². The molecule has 0 atom stereocenters. The van der Waals surface area contributed by atoms with E-state index in [2.05, 4.69) is 36.6 Å². The van der Waals surface area contributed by atoms with Crippen molar-refractivity contribution in [1.82, 2.24) is 4.31 Å². The highest BCUT2D eigenvalue weighted by Gasteiger charge is 2.29. The molecule has 1 fully saturated rings. The number of nitrogens with zero attached hydrogens (tertiary/aromatic N) is 1. The molecule has 0 bridgehead atoms. The zero-order valence-electron chi connectivity index (χ0n) is 17.6. The van der Waals surface area contributed by atoms with E-state index in [9.17, 15) is 8.42 Å². The van der Waals surface area contributed by atoms with Crippen molar-refractivity contribution in [2.24, 2.45) is 0 Å². The second kappa shape index (κ2) is 9.76. The van der Waals surface area contributed by atoms with Crippen molar-refractivity contribution in [3.05, 3.63) is 48.0 Å². The minimum atomic E-state index is -3.66. The highest BCUT2D eigenvalue weighted by molar-refractivity contribution is 7.89. The van der Waals surface area contributed by atoms with Crippen LogP contribution in [-0.4, -0.2) is 38.0 Å². The number of nitrogens with one attached hydrogen (secondary N) is 2. The minimum absolute atomic E-state index is 0.169. The van der Waals surface area contributed by atoms with Crippen LogP contribution < -0.4 is 15.4 Å². The van der Waals surface area contributed by atoms with Gasteiger partial charge >= 0.3 is 0 Å². The van der Waals surface area contributed by atoms with Crippen LogP contribution in [0.15, 0.2) is 47.4 Å². The summed E-state index contributed by atoms with van der Waals surface area (Å²) in [5.74, 6) is 0.935. The quantitative estimate of drug-likeness (QED) is 0.620. The predicted molar refractivity (Wildman–Crippen MR) is 126 cm³/mol.